The van der Waals surface area contributed by atoms with Gasteiger partial charge in [0.25, 0.3) is 16.1 Å². The molecule has 0 rings (SSSR count). The van der Waals surface area contributed by atoms with E-state index < -0.39 is 14.2 Å². The molecule has 4 nitrogen and oxygen atoms in total. The molecule has 0 spiro atoms. The largest absolute Gasteiger partial charge is 0.284 e. The molecule has 1 atom stereocenters. The van der Waals surface area contributed by atoms with Crippen molar-refractivity contribution in [2.24, 2.45) is 4.40 Å². The fraction of sp³-hybridized carbons (Fsp3) is 0.750. The maximum Gasteiger partial charge on any atom is 0.284 e. The number of sulfonamides is 1. The first-order chi connectivity index (χ1) is 4.87. The normalized spacial score (nSPS) is 16.6. The third-order valence-corrected chi connectivity index (χ3v) is 4.02. The van der Waals surface area contributed by atoms with E-state index >= 15 is 0 Å². The second-order valence-electron chi connectivity index (χ2n) is 1.89. The number of hydrogen-bond donors (Lipinski definition) is 0. The van der Waals surface area contributed by atoms with Crippen LogP contribution in [-0.4, -0.2) is 24.6 Å². The maximum atomic E-state index is 10.8. The van der Waals surface area contributed by atoms with Gasteiger partial charge in [-0.05, 0) is 6.92 Å². The zero-order chi connectivity index (χ0) is 9.12. The Balaban J connectivity index is 5.00. The van der Waals surface area contributed by atoms with Gasteiger partial charge in [-0.15, -0.1) is 11.6 Å². The molecule has 0 aromatic heterocycles. The van der Waals surface area contributed by atoms with Crippen molar-refractivity contribution in [3.8, 4) is 0 Å². The summed E-state index contributed by atoms with van der Waals surface area (Å²) < 4.78 is 22.5. The molecule has 0 N–H and O–H groups in total. The highest BCUT2D eigenvalue weighted by molar-refractivity contribution is 7.93. The molecular formula is C4H5Cl2NO3S. The highest BCUT2D eigenvalue weighted by Gasteiger charge is 2.36. The van der Waals surface area contributed by atoms with Gasteiger partial charge in [-0.1, -0.05) is 16.0 Å². The molecule has 1 unspecified atom stereocenters. The van der Waals surface area contributed by atoms with Crippen molar-refractivity contribution in [1.82, 2.24) is 0 Å². The van der Waals surface area contributed by atoms with Gasteiger partial charge < -0.3 is 0 Å². The molecule has 0 aliphatic rings. The van der Waals surface area contributed by atoms with Gasteiger partial charge >= 0.3 is 0 Å². The quantitative estimate of drug-likeness (QED) is 0.400. The van der Waals surface area contributed by atoms with Crippen LogP contribution in [0.5, 0.6) is 0 Å². The first kappa shape index (κ1) is 10.9. The van der Waals surface area contributed by atoms with E-state index in [1.165, 1.54) is 0 Å². The monoisotopic (exact) mass is 217 g/mol. The maximum absolute atomic E-state index is 10.8. The van der Waals surface area contributed by atoms with Gasteiger partial charge in [0.15, 0.2) is 4.21 Å². The molecule has 0 saturated heterocycles. The van der Waals surface area contributed by atoms with Crippen LogP contribution in [0.15, 0.2) is 4.40 Å². The molecule has 0 aliphatic carbocycles. The van der Waals surface area contributed by atoms with E-state index in [1.54, 1.807) is 0 Å². The average Bonchev–Trinajstić information content (AvgIpc) is 1.87. The van der Waals surface area contributed by atoms with Crippen LogP contribution in [0.2, 0.25) is 0 Å². The number of isocyanates is 1. The Labute approximate surface area is 74.3 Å². The Kier molecular flexibility index (Phi) is 3.51. The Morgan fingerprint density at radius 3 is 2.36 bits per heavy atom. The Bertz CT molecular complexity index is 278. The van der Waals surface area contributed by atoms with E-state index in [9.17, 15) is 13.2 Å². The van der Waals surface area contributed by atoms with Crippen LogP contribution in [-0.2, 0) is 14.8 Å². The van der Waals surface area contributed by atoms with Crippen molar-refractivity contribution >= 4 is 39.3 Å². The molecule has 0 heterocycles. The van der Waals surface area contributed by atoms with Crippen LogP contribution in [0.3, 0.4) is 0 Å². The zero-order valence-corrected chi connectivity index (χ0v) is 7.87. The number of alkyl halides is 2. The van der Waals surface area contributed by atoms with Gasteiger partial charge in [-0.3, -0.25) is 0 Å². The summed E-state index contributed by atoms with van der Waals surface area (Å²) in [5, 5.41) is 0. The standard InChI is InChI=1S/C4H5Cl2NO3S/c1-4(6,2-5)11(9,10)7-3-8/h2H2,1H3. The summed E-state index contributed by atoms with van der Waals surface area (Å²) in [7, 11) is -4.03. The minimum Gasteiger partial charge on any atom is -0.210 e. The fourth-order valence-electron chi connectivity index (χ4n) is 0.213. The van der Waals surface area contributed by atoms with Gasteiger partial charge in [0.1, 0.15) is 0 Å². The second kappa shape index (κ2) is 3.54. The SMILES string of the molecule is CC(Cl)(CCl)S(=O)(=O)N=C=O. The van der Waals surface area contributed by atoms with E-state index in [4.69, 9.17) is 23.2 Å². The zero-order valence-electron chi connectivity index (χ0n) is 5.54. The van der Waals surface area contributed by atoms with Crippen molar-refractivity contribution in [3.05, 3.63) is 0 Å². The lowest BCUT2D eigenvalue weighted by molar-refractivity contribution is 0.561. The van der Waals surface area contributed by atoms with E-state index in [2.05, 4.69) is 4.40 Å². The molecule has 0 fully saturated rings. The molecule has 0 aliphatic heterocycles. The lowest BCUT2D eigenvalue weighted by atomic mass is 10.5. The summed E-state index contributed by atoms with van der Waals surface area (Å²) in [4.78, 5) is 9.61. The van der Waals surface area contributed by atoms with E-state index in [0.717, 1.165) is 13.0 Å². The highest BCUT2D eigenvalue weighted by Crippen LogP contribution is 2.24. The highest BCUT2D eigenvalue weighted by atomic mass is 35.5. The molecule has 7 heteroatoms. The predicted molar refractivity (Wildman–Crippen MR) is 42.0 cm³/mol. The van der Waals surface area contributed by atoms with Crippen molar-refractivity contribution in [3.63, 3.8) is 0 Å². The molecule has 11 heavy (non-hydrogen) atoms. The van der Waals surface area contributed by atoms with Gasteiger partial charge in [-0.25, -0.2) is 13.2 Å². The van der Waals surface area contributed by atoms with Crippen LogP contribution in [0.4, 0.5) is 0 Å². The summed E-state index contributed by atoms with van der Waals surface area (Å²) >= 11 is 10.6. The van der Waals surface area contributed by atoms with E-state index in [1.807, 2.05) is 0 Å². The van der Waals surface area contributed by atoms with Crippen molar-refractivity contribution in [2.75, 3.05) is 5.88 Å². The summed E-state index contributed by atoms with van der Waals surface area (Å²) in [5.41, 5.74) is 0. The third kappa shape index (κ3) is 2.45. The fourth-order valence-corrected chi connectivity index (χ4v) is 1.16. The van der Waals surface area contributed by atoms with Crippen molar-refractivity contribution in [1.29, 1.82) is 0 Å². The first-order valence-electron chi connectivity index (χ1n) is 2.46. The van der Waals surface area contributed by atoms with Gasteiger partial charge in [-0.2, -0.15) is 0 Å². The Hall–Kier alpha value is -0.0900. The lowest BCUT2D eigenvalue weighted by Crippen LogP contribution is -2.28. The van der Waals surface area contributed by atoms with Gasteiger partial charge in [0.05, 0.1) is 5.88 Å². The summed E-state index contributed by atoms with van der Waals surface area (Å²) in [6.45, 7) is 1.15. The number of hydrogen-bond acceptors (Lipinski definition) is 3. The summed E-state index contributed by atoms with van der Waals surface area (Å²) in [6, 6.07) is 0. The average molecular weight is 218 g/mol. The van der Waals surface area contributed by atoms with Crippen LogP contribution in [0, 0.1) is 0 Å². The third-order valence-electron chi connectivity index (χ3n) is 0.934. The first-order valence-corrected chi connectivity index (χ1v) is 4.81. The van der Waals surface area contributed by atoms with Gasteiger partial charge in [0, 0.05) is 0 Å². The van der Waals surface area contributed by atoms with E-state index in [0.29, 0.717) is 0 Å². The molecule has 0 saturated carbocycles. The smallest absolute Gasteiger partial charge is 0.210 e. The van der Waals surface area contributed by atoms with Crippen molar-refractivity contribution < 1.29 is 13.2 Å². The molecule has 0 aromatic rings. The number of rotatable bonds is 3. The molecular weight excluding hydrogens is 213 g/mol. The number of nitrogens with zero attached hydrogens (tertiary/aromatic N) is 1. The minimum absolute atomic E-state index is 0.345. The van der Waals surface area contributed by atoms with Crippen molar-refractivity contribution in [2.45, 2.75) is 11.1 Å². The predicted octanol–water partition coefficient (Wildman–Crippen LogP) is 0.846. The van der Waals surface area contributed by atoms with Crippen LogP contribution in [0.1, 0.15) is 6.92 Å². The topological polar surface area (TPSA) is 63.6 Å². The van der Waals surface area contributed by atoms with Gasteiger partial charge in [0.2, 0.25) is 0 Å². The minimum atomic E-state index is -4.03. The molecule has 64 valence electrons. The second-order valence-corrected chi connectivity index (χ2v) is 5.25. The summed E-state index contributed by atoms with van der Waals surface area (Å²) in [5.74, 6) is -0.345. The molecule has 0 aromatic carbocycles. The van der Waals surface area contributed by atoms with E-state index in [-0.39, 0.29) is 5.88 Å². The number of halogens is 2. The summed E-state index contributed by atoms with van der Waals surface area (Å²) in [6.07, 6.45) is 0.892. The molecule has 0 amide bonds. The lowest BCUT2D eigenvalue weighted by Gasteiger charge is -2.13. The molecule has 0 bridgehead atoms. The van der Waals surface area contributed by atoms with Crippen LogP contribution < -0.4 is 0 Å². The number of carbonyl (C=O) groups excluding carboxylic acids is 1. The Morgan fingerprint density at radius 2 is 2.09 bits per heavy atom. The molecule has 0 radical (unpaired) electrons. The van der Waals surface area contributed by atoms with Crippen LogP contribution >= 0.6 is 23.2 Å². The Morgan fingerprint density at radius 1 is 1.64 bits per heavy atom. The van der Waals surface area contributed by atoms with Crippen LogP contribution in [0.25, 0.3) is 0 Å².